The lowest BCUT2D eigenvalue weighted by molar-refractivity contribution is -0.274. The van der Waals surface area contributed by atoms with Gasteiger partial charge in [0.15, 0.2) is 14.6 Å². The van der Waals surface area contributed by atoms with Gasteiger partial charge in [0.05, 0.1) is 18.1 Å². The minimum atomic E-state index is -4.78. The molecule has 0 aromatic heterocycles. The summed E-state index contributed by atoms with van der Waals surface area (Å²) < 4.78 is 81.4. The van der Waals surface area contributed by atoms with Crippen molar-refractivity contribution in [3.63, 3.8) is 0 Å². The van der Waals surface area contributed by atoms with E-state index < -0.39 is 26.9 Å². The van der Waals surface area contributed by atoms with Gasteiger partial charge in [0.25, 0.3) is 5.91 Å². The average molecular weight is 519 g/mol. The maximum Gasteiger partial charge on any atom is 0.573 e. The third kappa shape index (κ3) is 6.63. The molecule has 1 fully saturated rings. The van der Waals surface area contributed by atoms with Gasteiger partial charge < -0.3 is 18.9 Å². The Labute approximate surface area is 199 Å². The number of ether oxygens (including phenoxy) is 4. The lowest BCUT2D eigenvalue weighted by Gasteiger charge is -2.34. The smallest absolute Gasteiger partial charge is 0.491 e. The zero-order valence-electron chi connectivity index (χ0n) is 18.4. The van der Waals surface area contributed by atoms with Crippen LogP contribution in [-0.2, 0) is 30.7 Å². The van der Waals surface area contributed by atoms with Crippen molar-refractivity contribution in [2.45, 2.75) is 35.5 Å². The number of sulfone groups is 1. The number of hydroxylamine groups is 1. The first-order chi connectivity index (χ1) is 16.6. The zero-order chi connectivity index (χ0) is 25.5. The van der Waals surface area contributed by atoms with Crippen molar-refractivity contribution in [3.8, 4) is 11.5 Å². The molecule has 9 nitrogen and oxygen atoms in total. The van der Waals surface area contributed by atoms with E-state index in [4.69, 9.17) is 19.4 Å². The van der Waals surface area contributed by atoms with Gasteiger partial charge in [0.1, 0.15) is 18.1 Å². The summed E-state index contributed by atoms with van der Waals surface area (Å²) >= 11 is 0. The summed E-state index contributed by atoms with van der Waals surface area (Å²) in [4.78, 5) is 12.2. The van der Waals surface area contributed by atoms with E-state index in [2.05, 4.69) is 4.74 Å². The Morgan fingerprint density at radius 2 is 1.74 bits per heavy atom. The minimum absolute atomic E-state index is 0.0360. The third-order valence-electron chi connectivity index (χ3n) is 5.36. The van der Waals surface area contributed by atoms with Crippen LogP contribution in [0.2, 0.25) is 0 Å². The molecule has 192 valence electrons. The molecule has 0 aliphatic carbocycles. The number of carbonyl (C=O) groups excluding carboxylic acids is 1. The molecule has 1 aliphatic rings. The number of hydrogen-bond donors (Lipinski definition) is 2. The number of rotatable bonds is 10. The van der Waals surface area contributed by atoms with Crippen molar-refractivity contribution < 1.29 is 50.5 Å². The number of hydrogen-bond acceptors (Lipinski definition) is 8. The van der Waals surface area contributed by atoms with Crippen LogP contribution < -0.4 is 15.0 Å². The maximum absolute atomic E-state index is 13.2. The van der Waals surface area contributed by atoms with Crippen LogP contribution in [0.1, 0.15) is 18.4 Å². The Balaban J connectivity index is 1.53. The van der Waals surface area contributed by atoms with Gasteiger partial charge in [-0.15, -0.1) is 13.2 Å². The van der Waals surface area contributed by atoms with Crippen LogP contribution in [0.25, 0.3) is 0 Å². The van der Waals surface area contributed by atoms with E-state index >= 15 is 0 Å². The Hall–Kier alpha value is -2.87. The quantitative estimate of drug-likeness (QED) is 0.279. The molecule has 1 amide bonds. The number of nitrogens with one attached hydrogen (secondary N) is 1. The van der Waals surface area contributed by atoms with Gasteiger partial charge in [-0.2, -0.15) is 0 Å². The fourth-order valence-corrected chi connectivity index (χ4v) is 5.54. The number of amides is 1. The summed E-state index contributed by atoms with van der Waals surface area (Å²) in [7, 11) is -4.14. The summed E-state index contributed by atoms with van der Waals surface area (Å²) in [5.74, 6) is -1.00. The number of alkyl halides is 3. The topological polar surface area (TPSA) is 120 Å². The highest BCUT2D eigenvalue weighted by molar-refractivity contribution is 7.93. The molecule has 13 heteroatoms. The van der Waals surface area contributed by atoms with Crippen molar-refractivity contribution >= 4 is 15.7 Å². The second-order valence-corrected chi connectivity index (χ2v) is 9.88. The van der Waals surface area contributed by atoms with Gasteiger partial charge in [-0.05, 0) is 54.8 Å². The Morgan fingerprint density at radius 1 is 1.06 bits per heavy atom. The average Bonchev–Trinajstić information content (AvgIpc) is 2.83. The molecule has 2 N–H and O–H groups in total. The molecule has 0 unspecified atom stereocenters. The molecular weight excluding hydrogens is 495 g/mol. The first-order valence-electron chi connectivity index (χ1n) is 10.5. The normalized spacial score (nSPS) is 15.9. The van der Waals surface area contributed by atoms with E-state index in [1.807, 2.05) is 0 Å². The molecule has 0 bridgehead atoms. The van der Waals surface area contributed by atoms with Crippen molar-refractivity contribution in [2.75, 3.05) is 26.4 Å². The van der Waals surface area contributed by atoms with Gasteiger partial charge in [0, 0.05) is 13.2 Å². The van der Waals surface area contributed by atoms with Crippen LogP contribution in [0.5, 0.6) is 11.5 Å². The summed E-state index contributed by atoms with van der Waals surface area (Å²) in [5.41, 5.74) is 1.94. The second-order valence-electron chi connectivity index (χ2n) is 7.62. The van der Waals surface area contributed by atoms with E-state index in [1.54, 1.807) is 6.07 Å². The van der Waals surface area contributed by atoms with Gasteiger partial charge in [0.2, 0.25) is 0 Å². The minimum Gasteiger partial charge on any atom is -0.491 e. The molecular formula is C22H24F3NO8S. The summed E-state index contributed by atoms with van der Waals surface area (Å²) in [5, 5.41) is 9.09. The van der Waals surface area contributed by atoms with Gasteiger partial charge in [-0.3, -0.25) is 10.0 Å². The second kappa shape index (κ2) is 11.2. The van der Waals surface area contributed by atoms with E-state index in [0.717, 1.165) is 0 Å². The van der Waals surface area contributed by atoms with E-state index in [9.17, 15) is 26.4 Å². The molecule has 0 spiro atoms. The molecule has 0 atom stereocenters. The van der Waals surface area contributed by atoms with Crippen LogP contribution in [0.4, 0.5) is 13.2 Å². The molecule has 0 radical (unpaired) electrons. The van der Waals surface area contributed by atoms with Crippen LogP contribution in [0.3, 0.4) is 0 Å². The Bertz CT molecular complexity index is 1100. The molecule has 1 heterocycles. The van der Waals surface area contributed by atoms with E-state index in [-0.39, 0.29) is 56.5 Å². The molecule has 0 saturated carbocycles. The predicted octanol–water partition coefficient (Wildman–Crippen LogP) is 3.01. The molecule has 1 aliphatic heterocycles. The molecule has 1 saturated heterocycles. The third-order valence-corrected chi connectivity index (χ3v) is 7.88. The monoisotopic (exact) mass is 519 g/mol. The maximum atomic E-state index is 13.2. The predicted molar refractivity (Wildman–Crippen MR) is 115 cm³/mol. The fraction of sp³-hybridized carbons (Fsp3) is 0.409. The van der Waals surface area contributed by atoms with Crippen molar-refractivity contribution in [1.82, 2.24) is 5.48 Å². The highest BCUT2D eigenvalue weighted by Gasteiger charge is 2.52. The summed E-state index contributed by atoms with van der Waals surface area (Å²) in [6.07, 6.45) is -4.97. The van der Waals surface area contributed by atoms with Crippen LogP contribution in [0.15, 0.2) is 53.4 Å². The van der Waals surface area contributed by atoms with Gasteiger partial charge in [-0.25, -0.2) is 13.9 Å². The number of carbonyl (C=O) groups is 1. The van der Waals surface area contributed by atoms with Crippen LogP contribution >= 0.6 is 0 Å². The summed E-state index contributed by atoms with van der Waals surface area (Å²) in [6, 6.07) is 10.9. The lowest BCUT2D eigenvalue weighted by Crippen LogP contribution is -2.54. The van der Waals surface area contributed by atoms with Crippen LogP contribution in [-0.4, -0.2) is 57.1 Å². The van der Waals surface area contributed by atoms with Gasteiger partial charge in [-0.1, -0.05) is 12.1 Å². The zero-order valence-corrected chi connectivity index (χ0v) is 19.2. The van der Waals surface area contributed by atoms with Crippen molar-refractivity contribution in [2.24, 2.45) is 0 Å². The van der Waals surface area contributed by atoms with E-state index in [1.165, 1.54) is 47.9 Å². The Kier molecular flexibility index (Phi) is 8.59. The fourth-order valence-electron chi connectivity index (χ4n) is 3.60. The molecule has 2 aromatic carbocycles. The largest absolute Gasteiger partial charge is 0.573 e. The van der Waals surface area contributed by atoms with Crippen molar-refractivity contribution in [1.29, 1.82) is 0 Å². The molecule has 35 heavy (non-hydrogen) atoms. The van der Waals surface area contributed by atoms with Crippen LogP contribution in [0, 0.1) is 0 Å². The van der Waals surface area contributed by atoms with Crippen molar-refractivity contribution in [3.05, 3.63) is 54.1 Å². The van der Waals surface area contributed by atoms with Gasteiger partial charge >= 0.3 is 6.36 Å². The standard InChI is InChI=1S/C22H24F3NO8S/c23-22(24,25)34-18-3-1-2-16(14-18)15-32-12-13-33-17-4-6-19(7-5-17)35(29,30)21(20(27)26-28)8-10-31-11-9-21/h1-7,14,28H,8-13,15H2,(H,26,27). The Morgan fingerprint density at radius 3 is 2.37 bits per heavy atom. The summed E-state index contributed by atoms with van der Waals surface area (Å²) in [6.45, 7) is 0.374. The highest BCUT2D eigenvalue weighted by atomic mass is 32.2. The number of benzene rings is 2. The molecule has 2 aromatic rings. The first kappa shape index (κ1) is 26.7. The van der Waals surface area contributed by atoms with E-state index in [0.29, 0.717) is 11.3 Å². The lowest BCUT2D eigenvalue weighted by atomic mass is 9.98. The highest BCUT2D eigenvalue weighted by Crippen LogP contribution is 2.35. The number of halogens is 3. The first-order valence-corrected chi connectivity index (χ1v) is 12.0. The SMILES string of the molecule is O=C(NO)C1(S(=O)(=O)c2ccc(OCCOCc3cccc(OC(F)(F)F)c3)cc2)CCOCC1. The molecule has 3 rings (SSSR count).